The number of anilines is 1. The molecule has 0 unspecified atom stereocenters. The maximum atomic E-state index is 13.6. The molecule has 0 saturated carbocycles. The van der Waals surface area contributed by atoms with Crippen molar-refractivity contribution in [2.24, 2.45) is 0 Å². The second-order valence-corrected chi connectivity index (χ2v) is 8.16. The Bertz CT molecular complexity index is 918. The largest absolute Gasteiger partial charge is 0.300 e. The lowest BCUT2D eigenvalue weighted by molar-refractivity contribution is -0.114. The fourth-order valence-corrected chi connectivity index (χ4v) is 3.96. The maximum absolute atomic E-state index is 13.6. The summed E-state index contributed by atoms with van der Waals surface area (Å²) in [5.41, 5.74) is 3.32. The molecule has 0 aromatic heterocycles. The van der Waals surface area contributed by atoms with Gasteiger partial charge in [0.1, 0.15) is 5.82 Å². The molecular weight excluding hydrogens is 369 g/mol. The highest BCUT2D eigenvalue weighted by molar-refractivity contribution is 6.52. The predicted octanol–water partition coefficient (Wildman–Crippen LogP) is 3.25. The Morgan fingerprint density at radius 1 is 0.931 bits per heavy atom. The van der Waals surface area contributed by atoms with Gasteiger partial charge < -0.3 is 0 Å². The summed E-state index contributed by atoms with van der Waals surface area (Å²) in [6.07, 6.45) is 0. The number of benzene rings is 2. The number of rotatable bonds is 5. The number of fused-ring (bicyclic) bond motifs is 1. The zero-order valence-electron chi connectivity index (χ0n) is 16.9. The second-order valence-electron chi connectivity index (χ2n) is 8.16. The minimum atomic E-state index is -0.571. The number of nitrogens with zero attached hydrogens (tertiary/aromatic N) is 3. The summed E-state index contributed by atoms with van der Waals surface area (Å²) in [7, 11) is 0. The molecule has 29 heavy (non-hydrogen) atoms. The lowest BCUT2D eigenvalue weighted by atomic mass is 10.0. The molecule has 1 amide bonds. The number of halogens is 1. The van der Waals surface area contributed by atoms with Gasteiger partial charge in [-0.2, -0.15) is 0 Å². The highest BCUT2D eigenvalue weighted by Gasteiger charge is 2.37. The van der Waals surface area contributed by atoms with Crippen LogP contribution >= 0.6 is 0 Å². The molecule has 6 heteroatoms. The van der Waals surface area contributed by atoms with E-state index in [1.165, 1.54) is 34.2 Å². The SMILES string of the molecule is CC(C)c1ccc(CN2CCN(CN3C(=O)C(=O)c4ccc(F)cc43)CC2)cc1. The minimum Gasteiger partial charge on any atom is -0.297 e. The van der Waals surface area contributed by atoms with Crippen molar-refractivity contribution in [2.45, 2.75) is 26.3 Å². The molecule has 4 rings (SSSR count). The Balaban J connectivity index is 1.34. The van der Waals surface area contributed by atoms with Gasteiger partial charge in [-0.1, -0.05) is 38.1 Å². The van der Waals surface area contributed by atoms with Crippen molar-refractivity contribution >= 4 is 17.4 Å². The van der Waals surface area contributed by atoms with Crippen molar-refractivity contribution in [1.29, 1.82) is 0 Å². The first-order chi connectivity index (χ1) is 13.9. The van der Waals surface area contributed by atoms with Gasteiger partial charge in [0.05, 0.1) is 17.9 Å². The monoisotopic (exact) mass is 395 g/mol. The first-order valence-corrected chi connectivity index (χ1v) is 10.1. The van der Waals surface area contributed by atoms with Crippen LogP contribution in [-0.4, -0.2) is 54.3 Å². The summed E-state index contributed by atoms with van der Waals surface area (Å²) >= 11 is 0. The fourth-order valence-electron chi connectivity index (χ4n) is 3.96. The smallest absolute Gasteiger partial charge is 0.297 e. The first kappa shape index (κ1) is 19.7. The average Bonchev–Trinajstić information content (AvgIpc) is 2.94. The molecule has 2 aliphatic rings. The standard InChI is InChI=1S/C23H26FN3O2/c1-16(2)18-5-3-17(4-6-18)14-25-9-11-26(12-10-25)15-27-21-13-19(24)7-8-20(21)22(28)23(27)29/h3-8,13,16H,9-12,14-15H2,1-2H3. The van der Waals surface area contributed by atoms with E-state index in [-0.39, 0.29) is 0 Å². The Hall–Kier alpha value is -2.57. The molecule has 2 aromatic rings. The predicted molar refractivity (Wildman–Crippen MR) is 110 cm³/mol. The molecule has 1 saturated heterocycles. The summed E-state index contributed by atoms with van der Waals surface area (Å²) in [5.74, 6) is -1.03. The molecule has 2 heterocycles. The van der Waals surface area contributed by atoms with Crippen molar-refractivity contribution in [1.82, 2.24) is 9.80 Å². The highest BCUT2D eigenvalue weighted by atomic mass is 19.1. The summed E-state index contributed by atoms with van der Waals surface area (Å²) in [6.45, 7) is 8.98. The second kappa shape index (κ2) is 8.05. The molecular formula is C23H26FN3O2. The third kappa shape index (κ3) is 4.09. The molecule has 2 aliphatic heterocycles. The van der Waals surface area contributed by atoms with E-state index in [0.717, 1.165) is 32.7 Å². The number of ketones is 1. The normalized spacial score (nSPS) is 18.0. The van der Waals surface area contributed by atoms with Crippen LogP contribution in [0.15, 0.2) is 42.5 Å². The van der Waals surface area contributed by atoms with Crippen LogP contribution < -0.4 is 4.90 Å². The lowest BCUT2D eigenvalue weighted by Crippen LogP contribution is -2.50. The van der Waals surface area contributed by atoms with Crippen LogP contribution in [0.4, 0.5) is 10.1 Å². The molecule has 152 valence electrons. The molecule has 0 bridgehead atoms. The third-order valence-electron chi connectivity index (χ3n) is 5.79. The topological polar surface area (TPSA) is 43.9 Å². The van der Waals surface area contributed by atoms with Gasteiger partial charge in [-0.25, -0.2) is 4.39 Å². The number of carbonyl (C=O) groups is 2. The van der Waals surface area contributed by atoms with E-state index in [0.29, 0.717) is 23.8 Å². The van der Waals surface area contributed by atoms with Crippen LogP contribution in [-0.2, 0) is 11.3 Å². The van der Waals surface area contributed by atoms with Gasteiger partial charge in [0, 0.05) is 32.7 Å². The van der Waals surface area contributed by atoms with Gasteiger partial charge in [-0.15, -0.1) is 0 Å². The zero-order chi connectivity index (χ0) is 20.5. The van der Waals surface area contributed by atoms with E-state index in [1.807, 2.05) is 0 Å². The van der Waals surface area contributed by atoms with Gasteiger partial charge >= 0.3 is 5.91 Å². The van der Waals surface area contributed by atoms with E-state index < -0.39 is 17.5 Å². The van der Waals surface area contributed by atoms with Gasteiger partial charge in [0.15, 0.2) is 0 Å². The number of Topliss-reactive ketones (excluding diaryl/α,β-unsaturated/α-hetero) is 1. The van der Waals surface area contributed by atoms with Gasteiger partial charge in [-0.3, -0.25) is 24.3 Å². The van der Waals surface area contributed by atoms with Crippen molar-refractivity contribution in [3.05, 3.63) is 65.0 Å². The van der Waals surface area contributed by atoms with E-state index >= 15 is 0 Å². The van der Waals surface area contributed by atoms with E-state index in [9.17, 15) is 14.0 Å². The Labute approximate surface area is 170 Å². The molecule has 2 aromatic carbocycles. The van der Waals surface area contributed by atoms with E-state index in [2.05, 4.69) is 47.9 Å². The van der Waals surface area contributed by atoms with Crippen LogP contribution in [0.2, 0.25) is 0 Å². The molecule has 0 atom stereocenters. The highest BCUT2D eigenvalue weighted by Crippen LogP contribution is 2.30. The molecule has 5 nitrogen and oxygen atoms in total. The first-order valence-electron chi connectivity index (χ1n) is 10.1. The summed E-state index contributed by atoms with van der Waals surface area (Å²) in [4.78, 5) is 30.4. The Morgan fingerprint density at radius 2 is 1.59 bits per heavy atom. The maximum Gasteiger partial charge on any atom is 0.300 e. The van der Waals surface area contributed by atoms with Crippen molar-refractivity contribution in [2.75, 3.05) is 37.7 Å². The van der Waals surface area contributed by atoms with Crippen LogP contribution in [0.1, 0.15) is 41.3 Å². The number of hydrogen-bond acceptors (Lipinski definition) is 4. The quantitative estimate of drug-likeness (QED) is 0.729. The van der Waals surface area contributed by atoms with Gasteiger partial charge in [0.25, 0.3) is 5.78 Å². The van der Waals surface area contributed by atoms with Crippen LogP contribution in [0.3, 0.4) is 0 Å². The Kier molecular flexibility index (Phi) is 5.48. The van der Waals surface area contributed by atoms with Crippen molar-refractivity contribution in [3.8, 4) is 0 Å². The third-order valence-corrected chi connectivity index (χ3v) is 5.79. The molecule has 0 radical (unpaired) electrons. The van der Waals surface area contributed by atoms with E-state index in [4.69, 9.17) is 0 Å². The summed E-state index contributed by atoms with van der Waals surface area (Å²) in [5, 5.41) is 0. The molecule has 0 spiro atoms. The van der Waals surface area contributed by atoms with Crippen LogP contribution in [0, 0.1) is 5.82 Å². The number of amides is 1. The fraction of sp³-hybridized carbons (Fsp3) is 0.391. The lowest BCUT2D eigenvalue weighted by Gasteiger charge is -2.36. The Morgan fingerprint density at radius 3 is 2.24 bits per heavy atom. The molecule has 0 N–H and O–H groups in total. The summed E-state index contributed by atoms with van der Waals surface area (Å²) < 4.78 is 13.6. The van der Waals surface area contributed by atoms with Crippen molar-refractivity contribution in [3.63, 3.8) is 0 Å². The average molecular weight is 395 g/mol. The van der Waals surface area contributed by atoms with Crippen LogP contribution in [0.5, 0.6) is 0 Å². The minimum absolute atomic E-state index is 0.292. The number of piperazine rings is 1. The van der Waals surface area contributed by atoms with Gasteiger partial charge in [-0.05, 0) is 35.2 Å². The van der Waals surface area contributed by atoms with Gasteiger partial charge in [0.2, 0.25) is 0 Å². The number of carbonyl (C=O) groups excluding carboxylic acids is 2. The van der Waals surface area contributed by atoms with Crippen molar-refractivity contribution < 1.29 is 14.0 Å². The van der Waals surface area contributed by atoms with Crippen LogP contribution in [0.25, 0.3) is 0 Å². The molecule has 0 aliphatic carbocycles. The molecule has 1 fully saturated rings. The zero-order valence-corrected chi connectivity index (χ0v) is 16.9. The van der Waals surface area contributed by atoms with E-state index in [1.54, 1.807) is 0 Å². The summed E-state index contributed by atoms with van der Waals surface area (Å²) in [6, 6.07) is 12.7. The number of hydrogen-bond donors (Lipinski definition) is 0.